The first kappa shape index (κ1) is 56.7. The van der Waals surface area contributed by atoms with Crippen molar-refractivity contribution >= 4 is 59.2 Å². The molecule has 0 unspecified atom stereocenters. The van der Waals surface area contributed by atoms with Gasteiger partial charge in [-0.05, 0) is 56.5 Å². The number of hydrogen-bond acceptors (Lipinski definition) is 15. The number of rotatable bonds is 28. The summed E-state index contributed by atoms with van der Waals surface area (Å²) in [6.07, 6.45) is -2.51. The number of aliphatic hydroxyl groups is 3. The van der Waals surface area contributed by atoms with Crippen molar-refractivity contribution in [3.8, 4) is 11.5 Å². The molecule has 10 atom stereocenters. The summed E-state index contributed by atoms with van der Waals surface area (Å²) < 4.78 is 5.29. The molecule has 2 aromatic carbocycles. The van der Waals surface area contributed by atoms with E-state index in [4.69, 9.17) is 9.84 Å². The standard InChI is InChI=1S/C43H60N8O17/c1-6-21(2)34(50-37(60)23(4)45-38(61)29(17-33(57)58)46-36(59)22(3)44-32(56)20-68-27-14-12-26(55)13-15-27)41(64)47-28(16-25-10-8-7-9-11-25)39(62)51-35(24(5)54)42(65)48-30(18-52)40(63)49-31(19-53)43(66)67/h7-15,21-24,28-31,34-35,52-55H,6,16-20H2,1-5H3,(H,44,56)(H,45,61)(H,46,59)(H,47,64)(H,48,65)(H,49,63)(H,50,60)(H,51,62)(H,57,58)(H,66,67)/t21-,22-,23-,24+,28-,29-,30-,31-,34-,35-/m0/s1. The second-order valence-corrected chi connectivity index (χ2v) is 15.6. The highest BCUT2D eigenvalue weighted by Crippen LogP contribution is 2.16. The van der Waals surface area contributed by atoms with Gasteiger partial charge in [0.15, 0.2) is 6.61 Å². The number of aromatic hydroxyl groups is 1. The topological polar surface area (TPSA) is 398 Å². The summed E-state index contributed by atoms with van der Waals surface area (Å²) in [5.74, 6) is -11.7. The van der Waals surface area contributed by atoms with Gasteiger partial charge in [-0.2, -0.15) is 0 Å². The van der Waals surface area contributed by atoms with Gasteiger partial charge in [-0.25, -0.2) is 4.79 Å². The highest BCUT2D eigenvalue weighted by Gasteiger charge is 2.36. The molecule has 0 saturated heterocycles. The maximum atomic E-state index is 14.0. The zero-order valence-corrected chi connectivity index (χ0v) is 37.9. The maximum absolute atomic E-state index is 14.0. The highest BCUT2D eigenvalue weighted by molar-refractivity contribution is 5.98. The van der Waals surface area contributed by atoms with Gasteiger partial charge >= 0.3 is 11.9 Å². The Bertz CT molecular complexity index is 2070. The van der Waals surface area contributed by atoms with Crippen LogP contribution in [0.2, 0.25) is 0 Å². The van der Waals surface area contributed by atoms with Gasteiger partial charge < -0.3 is 77.9 Å². The van der Waals surface area contributed by atoms with Gasteiger partial charge in [0.2, 0.25) is 41.4 Å². The van der Waals surface area contributed by atoms with Crippen LogP contribution in [0.4, 0.5) is 0 Å². The number of benzene rings is 2. The van der Waals surface area contributed by atoms with Crippen molar-refractivity contribution in [1.29, 1.82) is 0 Å². The lowest BCUT2D eigenvalue weighted by Gasteiger charge is -2.29. The summed E-state index contributed by atoms with van der Waals surface area (Å²) >= 11 is 0. The molecular formula is C43H60N8O17. The number of aliphatic hydroxyl groups excluding tert-OH is 3. The fourth-order valence-electron chi connectivity index (χ4n) is 5.97. The third-order valence-corrected chi connectivity index (χ3v) is 10.1. The van der Waals surface area contributed by atoms with E-state index in [0.717, 1.165) is 6.92 Å². The molecule has 2 aromatic rings. The Morgan fingerprint density at radius 3 is 1.59 bits per heavy atom. The van der Waals surface area contributed by atoms with Crippen LogP contribution in [0.25, 0.3) is 0 Å². The molecule has 374 valence electrons. The summed E-state index contributed by atoms with van der Waals surface area (Å²) in [7, 11) is 0. The van der Waals surface area contributed by atoms with Gasteiger partial charge in [0.05, 0.1) is 25.7 Å². The molecule has 14 N–H and O–H groups in total. The molecular weight excluding hydrogens is 901 g/mol. The fourth-order valence-corrected chi connectivity index (χ4v) is 5.97. The minimum absolute atomic E-state index is 0.0327. The van der Waals surface area contributed by atoms with Crippen LogP contribution in [-0.4, -0.2) is 164 Å². The van der Waals surface area contributed by atoms with E-state index in [1.165, 1.54) is 38.1 Å². The molecule has 25 heteroatoms. The highest BCUT2D eigenvalue weighted by atomic mass is 16.5. The van der Waals surface area contributed by atoms with Crippen molar-refractivity contribution in [2.45, 2.75) is 108 Å². The summed E-state index contributed by atoms with van der Waals surface area (Å²) in [6.45, 7) is 4.26. The molecule has 2 rings (SSSR count). The van der Waals surface area contributed by atoms with Crippen molar-refractivity contribution in [3.63, 3.8) is 0 Å². The van der Waals surface area contributed by atoms with Gasteiger partial charge in [0.1, 0.15) is 59.8 Å². The van der Waals surface area contributed by atoms with Crippen molar-refractivity contribution in [2.75, 3.05) is 19.8 Å². The molecule has 0 aliphatic rings. The smallest absolute Gasteiger partial charge is 0.328 e. The molecule has 25 nitrogen and oxygen atoms in total. The minimum atomic E-state index is -1.82. The lowest BCUT2D eigenvalue weighted by Crippen LogP contribution is -2.62. The first-order valence-corrected chi connectivity index (χ1v) is 21.2. The van der Waals surface area contributed by atoms with Crippen LogP contribution < -0.4 is 47.3 Å². The van der Waals surface area contributed by atoms with Crippen LogP contribution in [0.15, 0.2) is 54.6 Å². The molecule has 0 aromatic heterocycles. The Morgan fingerprint density at radius 2 is 1.04 bits per heavy atom. The second-order valence-electron chi connectivity index (χ2n) is 15.6. The Labute approximate surface area is 390 Å². The normalized spacial score (nSPS) is 15.3. The summed E-state index contributed by atoms with van der Waals surface area (Å²) in [5, 5.41) is 75.8. The molecule has 0 aliphatic carbocycles. The van der Waals surface area contributed by atoms with Crippen LogP contribution in [0.1, 0.15) is 53.0 Å². The number of carboxylic acid groups (broad SMARTS) is 2. The second kappa shape index (κ2) is 27.9. The van der Waals surface area contributed by atoms with Gasteiger partial charge in [0.25, 0.3) is 5.91 Å². The predicted molar refractivity (Wildman–Crippen MR) is 236 cm³/mol. The monoisotopic (exact) mass is 960 g/mol. The zero-order valence-electron chi connectivity index (χ0n) is 37.9. The Balaban J connectivity index is 2.22. The Hall–Kier alpha value is -7.38. The molecule has 0 bridgehead atoms. The number of carboxylic acids is 2. The largest absolute Gasteiger partial charge is 0.508 e. The average molecular weight is 961 g/mol. The number of carbonyl (C=O) groups is 10. The van der Waals surface area contributed by atoms with Gasteiger partial charge in [-0.1, -0.05) is 50.6 Å². The van der Waals surface area contributed by atoms with E-state index in [-0.39, 0.29) is 24.3 Å². The van der Waals surface area contributed by atoms with E-state index in [9.17, 15) is 73.5 Å². The molecule has 0 radical (unpaired) electrons. The third kappa shape index (κ3) is 18.8. The number of amides is 8. The van der Waals surface area contributed by atoms with E-state index >= 15 is 0 Å². The number of phenolic OH excluding ortho intramolecular Hbond substituents is 1. The number of aliphatic carboxylic acids is 2. The molecule has 0 heterocycles. The van der Waals surface area contributed by atoms with Gasteiger partial charge in [-0.3, -0.25) is 43.2 Å². The third-order valence-electron chi connectivity index (χ3n) is 10.1. The number of ether oxygens (including phenoxy) is 1. The first-order valence-electron chi connectivity index (χ1n) is 21.2. The van der Waals surface area contributed by atoms with Crippen LogP contribution in [0, 0.1) is 5.92 Å². The van der Waals surface area contributed by atoms with Crippen LogP contribution in [0.3, 0.4) is 0 Å². The quantitative estimate of drug-likeness (QED) is 0.0385. The van der Waals surface area contributed by atoms with E-state index in [2.05, 4.69) is 37.2 Å². The van der Waals surface area contributed by atoms with Crippen LogP contribution in [0.5, 0.6) is 11.5 Å². The SMILES string of the molecule is CC[C@H](C)[C@H](NC(=O)[C@H](C)NC(=O)[C@H](CC(=O)O)NC(=O)[C@H](C)NC(=O)COc1ccc(O)cc1)C(=O)N[C@@H](Cc1ccccc1)C(=O)N[C@H](C(=O)N[C@@H](CO)C(=O)N[C@@H](CO)C(=O)O)[C@@H](C)O. The van der Waals surface area contributed by atoms with E-state index in [1.807, 2.05) is 5.32 Å². The van der Waals surface area contributed by atoms with Crippen molar-refractivity contribution in [3.05, 3.63) is 60.2 Å². The lowest BCUT2D eigenvalue weighted by atomic mass is 9.96. The Morgan fingerprint density at radius 1 is 0.559 bits per heavy atom. The first-order chi connectivity index (χ1) is 32.0. The van der Waals surface area contributed by atoms with E-state index < -0.39 is 146 Å². The number of carbonyl (C=O) groups excluding carboxylic acids is 8. The lowest BCUT2D eigenvalue weighted by molar-refractivity contribution is -0.144. The van der Waals surface area contributed by atoms with Gasteiger partial charge in [0, 0.05) is 6.42 Å². The minimum Gasteiger partial charge on any atom is -0.508 e. The average Bonchev–Trinajstić information content (AvgIpc) is 3.29. The van der Waals surface area contributed by atoms with Crippen LogP contribution >= 0.6 is 0 Å². The Kier molecular flexibility index (Phi) is 23.3. The van der Waals surface area contributed by atoms with Crippen molar-refractivity contribution < 1.29 is 83.3 Å². The van der Waals surface area contributed by atoms with Crippen molar-refractivity contribution in [2.24, 2.45) is 5.92 Å². The maximum Gasteiger partial charge on any atom is 0.328 e. The zero-order chi connectivity index (χ0) is 51.2. The number of phenols is 1. The summed E-state index contributed by atoms with van der Waals surface area (Å²) in [4.78, 5) is 129. The molecule has 0 spiro atoms. The summed E-state index contributed by atoms with van der Waals surface area (Å²) in [5.41, 5.74) is 0.514. The molecule has 0 aliphatic heterocycles. The molecule has 0 fully saturated rings. The molecule has 68 heavy (non-hydrogen) atoms. The van der Waals surface area contributed by atoms with Crippen molar-refractivity contribution in [1.82, 2.24) is 42.5 Å². The molecule has 0 saturated carbocycles. The van der Waals surface area contributed by atoms with E-state index in [1.54, 1.807) is 44.2 Å². The molecule has 8 amide bonds. The summed E-state index contributed by atoms with van der Waals surface area (Å²) in [6, 6.07) is 0.882. The van der Waals surface area contributed by atoms with Gasteiger partial charge in [-0.15, -0.1) is 0 Å². The number of nitrogens with one attached hydrogen (secondary N) is 8. The van der Waals surface area contributed by atoms with Crippen LogP contribution in [-0.2, 0) is 54.4 Å². The predicted octanol–water partition coefficient (Wildman–Crippen LogP) is -4.10. The number of hydrogen-bond donors (Lipinski definition) is 14. The van der Waals surface area contributed by atoms with E-state index in [0.29, 0.717) is 5.56 Å². The fraction of sp³-hybridized carbons (Fsp3) is 0.488.